The maximum Gasteiger partial charge on any atom is 0.333 e. The molecule has 1 heterocycles. The van der Waals surface area contributed by atoms with E-state index in [-0.39, 0.29) is 18.8 Å². The van der Waals surface area contributed by atoms with Crippen molar-refractivity contribution in [2.24, 2.45) is 0 Å². The van der Waals surface area contributed by atoms with E-state index in [0.29, 0.717) is 18.7 Å². The molecular weight excluding hydrogens is 198 g/mol. The lowest BCUT2D eigenvalue weighted by Crippen LogP contribution is -2.32. The predicted molar refractivity (Wildman–Crippen MR) is 53.1 cm³/mol. The number of hydrogen-bond donors (Lipinski definition) is 1. The molecule has 0 radical (unpaired) electrons. The highest BCUT2D eigenvalue weighted by Gasteiger charge is 2.22. The number of rotatable bonds is 5. The molecule has 1 N–H and O–H groups in total. The van der Waals surface area contributed by atoms with Crippen molar-refractivity contribution in [1.82, 2.24) is 5.32 Å². The number of nitrogens with one attached hydrogen (secondary N) is 1. The molecule has 15 heavy (non-hydrogen) atoms. The molecule has 0 spiro atoms. The molecule has 1 aliphatic rings. The topological polar surface area (TPSA) is 64.6 Å². The first-order valence-corrected chi connectivity index (χ1v) is 4.81. The number of esters is 1. The minimum absolute atomic E-state index is 0.0755. The van der Waals surface area contributed by atoms with Crippen LogP contribution in [0, 0.1) is 0 Å². The summed E-state index contributed by atoms with van der Waals surface area (Å²) in [6, 6.07) is 0. The van der Waals surface area contributed by atoms with Crippen molar-refractivity contribution in [2.75, 3.05) is 19.8 Å². The second-order valence-corrected chi connectivity index (χ2v) is 3.34. The Morgan fingerprint density at radius 3 is 2.87 bits per heavy atom. The molecule has 5 heteroatoms. The van der Waals surface area contributed by atoms with Gasteiger partial charge in [0.1, 0.15) is 0 Å². The van der Waals surface area contributed by atoms with Crippen LogP contribution in [0.15, 0.2) is 12.2 Å². The Morgan fingerprint density at radius 1 is 1.60 bits per heavy atom. The quantitative estimate of drug-likeness (QED) is 0.515. The molecule has 84 valence electrons. The number of ether oxygens (including phenoxy) is 2. The van der Waals surface area contributed by atoms with Gasteiger partial charge in [-0.25, -0.2) is 4.79 Å². The third kappa shape index (κ3) is 3.81. The molecule has 1 atom stereocenters. The fourth-order valence-corrected chi connectivity index (χ4v) is 1.13. The van der Waals surface area contributed by atoms with Crippen LogP contribution in [0.25, 0.3) is 0 Å². The van der Waals surface area contributed by atoms with Crippen LogP contribution in [0.5, 0.6) is 0 Å². The smallest absolute Gasteiger partial charge is 0.333 e. The maximum absolute atomic E-state index is 11.4. The molecule has 5 nitrogen and oxygen atoms in total. The summed E-state index contributed by atoms with van der Waals surface area (Å²) in [7, 11) is 0. The van der Waals surface area contributed by atoms with E-state index in [1.807, 2.05) is 0 Å². The SMILES string of the molecule is C=C(C)C(=O)OCCC(=O)C1NCCO1. The van der Waals surface area contributed by atoms with Crippen molar-refractivity contribution < 1.29 is 19.1 Å². The number of carbonyl (C=O) groups excluding carboxylic acids is 2. The third-order valence-corrected chi connectivity index (χ3v) is 1.94. The first-order chi connectivity index (χ1) is 7.11. The second kappa shape index (κ2) is 5.63. The molecule has 1 unspecified atom stereocenters. The van der Waals surface area contributed by atoms with Gasteiger partial charge >= 0.3 is 5.97 Å². The first kappa shape index (κ1) is 11.9. The van der Waals surface area contributed by atoms with E-state index in [9.17, 15) is 9.59 Å². The van der Waals surface area contributed by atoms with Crippen LogP contribution < -0.4 is 5.32 Å². The molecule has 0 aromatic heterocycles. The van der Waals surface area contributed by atoms with E-state index in [1.165, 1.54) is 0 Å². The van der Waals surface area contributed by atoms with Gasteiger partial charge in [-0.15, -0.1) is 0 Å². The Kier molecular flexibility index (Phi) is 4.45. The average Bonchev–Trinajstić information content (AvgIpc) is 2.70. The van der Waals surface area contributed by atoms with Gasteiger partial charge in [-0.2, -0.15) is 0 Å². The molecule has 0 aromatic carbocycles. The Hall–Kier alpha value is -1.20. The van der Waals surface area contributed by atoms with E-state index in [0.717, 1.165) is 0 Å². The number of carbonyl (C=O) groups is 2. The second-order valence-electron chi connectivity index (χ2n) is 3.34. The van der Waals surface area contributed by atoms with Crippen LogP contribution >= 0.6 is 0 Å². The molecule has 1 saturated heterocycles. The van der Waals surface area contributed by atoms with Gasteiger partial charge in [0.2, 0.25) is 0 Å². The molecule has 0 aliphatic carbocycles. The molecule has 0 bridgehead atoms. The minimum Gasteiger partial charge on any atom is -0.462 e. The molecule has 0 aromatic rings. The monoisotopic (exact) mass is 213 g/mol. The average molecular weight is 213 g/mol. The fourth-order valence-electron chi connectivity index (χ4n) is 1.13. The Bertz CT molecular complexity index is 269. The lowest BCUT2D eigenvalue weighted by atomic mass is 10.2. The summed E-state index contributed by atoms with van der Waals surface area (Å²) in [5.41, 5.74) is 0.331. The standard InChI is InChI=1S/C10H15NO4/c1-7(2)10(13)15-5-3-8(12)9-11-4-6-14-9/h9,11H,1,3-6H2,2H3. The van der Waals surface area contributed by atoms with E-state index >= 15 is 0 Å². The minimum atomic E-state index is -0.534. The summed E-state index contributed by atoms with van der Waals surface area (Å²) in [5, 5.41) is 2.89. The summed E-state index contributed by atoms with van der Waals surface area (Å²) in [5.74, 6) is -0.565. The van der Waals surface area contributed by atoms with Crippen molar-refractivity contribution in [3.05, 3.63) is 12.2 Å². The number of Topliss-reactive ketones (excluding diaryl/α,β-unsaturated/α-hetero) is 1. The van der Waals surface area contributed by atoms with Gasteiger partial charge < -0.3 is 9.47 Å². The largest absolute Gasteiger partial charge is 0.462 e. The van der Waals surface area contributed by atoms with Crippen molar-refractivity contribution in [1.29, 1.82) is 0 Å². The van der Waals surface area contributed by atoms with Crippen LogP contribution in [-0.4, -0.2) is 37.7 Å². The molecule has 1 aliphatic heterocycles. The summed E-state index contributed by atoms with van der Waals surface area (Å²) in [6.07, 6.45) is -0.370. The van der Waals surface area contributed by atoms with Gasteiger partial charge in [0.15, 0.2) is 12.0 Å². The van der Waals surface area contributed by atoms with E-state index in [1.54, 1.807) is 6.92 Å². The van der Waals surface area contributed by atoms with Crippen molar-refractivity contribution in [2.45, 2.75) is 19.6 Å². The van der Waals surface area contributed by atoms with Crippen LogP contribution in [0.4, 0.5) is 0 Å². The van der Waals surface area contributed by atoms with Gasteiger partial charge in [0, 0.05) is 18.5 Å². The van der Waals surface area contributed by atoms with E-state index < -0.39 is 12.2 Å². The highest BCUT2D eigenvalue weighted by atomic mass is 16.5. The first-order valence-electron chi connectivity index (χ1n) is 4.81. The Labute approximate surface area is 88.4 Å². The van der Waals surface area contributed by atoms with Crippen molar-refractivity contribution in [3.8, 4) is 0 Å². The van der Waals surface area contributed by atoms with Crippen LogP contribution in [-0.2, 0) is 19.1 Å². The van der Waals surface area contributed by atoms with E-state index in [2.05, 4.69) is 11.9 Å². The molecule has 0 amide bonds. The number of hydrogen-bond acceptors (Lipinski definition) is 5. The highest BCUT2D eigenvalue weighted by Crippen LogP contribution is 2.01. The zero-order chi connectivity index (χ0) is 11.3. The van der Waals surface area contributed by atoms with Gasteiger partial charge in [0.05, 0.1) is 13.2 Å². The summed E-state index contributed by atoms with van der Waals surface area (Å²) in [4.78, 5) is 22.4. The lowest BCUT2D eigenvalue weighted by Gasteiger charge is -2.08. The van der Waals surface area contributed by atoms with Crippen molar-refractivity contribution >= 4 is 11.8 Å². The Balaban J connectivity index is 2.16. The molecular formula is C10H15NO4. The molecule has 0 saturated carbocycles. The zero-order valence-corrected chi connectivity index (χ0v) is 8.75. The molecule has 1 rings (SSSR count). The summed E-state index contributed by atoms with van der Waals surface area (Å²) < 4.78 is 9.89. The summed E-state index contributed by atoms with van der Waals surface area (Å²) >= 11 is 0. The van der Waals surface area contributed by atoms with Gasteiger partial charge in [0.25, 0.3) is 0 Å². The van der Waals surface area contributed by atoms with Crippen LogP contribution in [0.2, 0.25) is 0 Å². The lowest BCUT2D eigenvalue weighted by molar-refractivity contribution is -0.140. The van der Waals surface area contributed by atoms with Crippen LogP contribution in [0.3, 0.4) is 0 Å². The predicted octanol–water partition coefficient (Wildman–Crippen LogP) is 0.0108. The highest BCUT2D eigenvalue weighted by molar-refractivity contribution is 5.87. The van der Waals surface area contributed by atoms with Gasteiger partial charge in [-0.1, -0.05) is 6.58 Å². The van der Waals surface area contributed by atoms with Gasteiger partial charge in [-0.3, -0.25) is 10.1 Å². The fraction of sp³-hybridized carbons (Fsp3) is 0.600. The van der Waals surface area contributed by atoms with E-state index in [4.69, 9.17) is 9.47 Å². The van der Waals surface area contributed by atoms with Crippen molar-refractivity contribution in [3.63, 3.8) is 0 Å². The molecule has 1 fully saturated rings. The number of ketones is 1. The summed E-state index contributed by atoms with van der Waals surface area (Å²) in [6.45, 7) is 6.30. The zero-order valence-electron chi connectivity index (χ0n) is 8.75. The third-order valence-electron chi connectivity index (χ3n) is 1.94. The maximum atomic E-state index is 11.4. The van der Waals surface area contributed by atoms with Crippen LogP contribution in [0.1, 0.15) is 13.3 Å². The Morgan fingerprint density at radius 2 is 2.33 bits per heavy atom. The normalized spacial score (nSPS) is 19.9. The van der Waals surface area contributed by atoms with Gasteiger partial charge in [-0.05, 0) is 6.92 Å².